The van der Waals surface area contributed by atoms with Crippen LogP contribution in [-0.2, 0) is 0 Å². The molecular weight excluding hydrogens is 266 g/mol. The molecule has 2 aromatic heterocycles. The summed E-state index contributed by atoms with van der Waals surface area (Å²) < 4.78 is 0. The molecule has 0 aliphatic heterocycles. The van der Waals surface area contributed by atoms with Crippen LogP contribution in [0.2, 0.25) is 0 Å². The van der Waals surface area contributed by atoms with Crippen LogP contribution in [0.15, 0.2) is 48.9 Å². The maximum Gasteiger partial charge on any atom is 0.152 e. The molecule has 0 atom stereocenters. The number of imidazole rings is 1. The number of hydrogen-bond donors (Lipinski definition) is 3. The number of nitrogens with zero attached hydrogens (tertiary/aromatic N) is 2. The van der Waals surface area contributed by atoms with E-state index in [1.165, 1.54) is 6.33 Å². The van der Waals surface area contributed by atoms with E-state index in [2.05, 4.69) is 15.0 Å². The lowest BCUT2D eigenvalue weighted by atomic mass is 10.1. The molecule has 21 heavy (non-hydrogen) atoms. The first kappa shape index (κ1) is 11.7. The van der Waals surface area contributed by atoms with Gasteiger partial charge in [0.1, 0.15) is 11.3 Å². The lowest BCUT2D eigenvalue weighted by Gasteiger charge is -2.07. The second-order valence-corrected chi connectivity index (χ2v) is 4.83. The van der Waals surface area contributed by atoms with Gasteiger partial charge in [0.25, 0.3) is 0 Å². The number of pyridine rings is 1. The van der Waals surface area contributed by atoms with E-state index in [4.69, 9.17) is 0 Å². The Balaban J connectivity index is 1.99. The van der Waals surface area contributed by atoms with Crippen molar-refractivity contribution in [3.8, 4) is 22.8 Å². The van der Waals surface area contributed by atoms with Gasteiger partial charge >= 0.3 is 0 Å². The summed E-state index contributed by atoms with van der Waals surface area (Å²) in [6.45, 7) is 0. The van der Waals surface area contributed by atoms with E-state index in [9.17, 15) is 10.2 Å². The van der Waals surface area contributed by atoms with E-state index < -0.39 is 0 Å². The minimum Gasteiger partial charge on any atom is -0.507 e. The summed E-state index contributed by atoms with van der Waals surface area (Å²) in [5, 5.41) is 21.8. The number of benzene rings is 2. The first-order valence-corrected chi connectivity index (χ1v) is 6.47. The Morgan fingerprint density at radius 2 is 1.90 bits per heavy atom. The molecule has 0 radical (unpaired) electrons. The Morgan fingerprint density at radius 1 is 1.00 bits per heavy atom. The second-order valence-electron chi connectivity index (χ2n) is 4.83. The van der Waals surface area contributed by atoms with Crippen molar-refractivity contribution in [3.63, 3.8) is 0 Å². The number of rotatable bonds is 1. The van der Waals surface area contributed by atoms with Crippen LogP contribution < -0.4 is 0 Å². The van der Waals surface area contributed by atoms with Crippen molar-refractivity contribution in [3.05, 3.63) is 48.9 Å². The number of hydrogen-bond acceptors (Lipinski definition) is 4. The third-order valence-corrected chi connectivity index (χ3v) is 3.58. The molecule has 0 spiro atoms. The molecule has 5 nitrogen and oxygen atoms in total. The molecule has 2 aromatic carbocycles. The van der Waals surface area contributed by atoms with Crippen molar-refractivity contribution in [2.75, 3.05) is 0 Å². The largest absolute Gasteiger partial charge is 0.507 e. The molecule has 0 bridgehead atoms. The van der Waals surface area contributed by atoms with E-state index in [0.717, 1.165) is 10.9 Å². The van der Waals surface area contributed by atoms with Gasteiger partial charge < -0.3 is 15.2 Å². The highest BCUT2D eigenvalue weighted by molar-refractivity contribution is 5.93. The van der Waals surface area contributed by atoms with Gasteiger partial charge in [0, 0.05) is 22.5 Å². The van der Waals surface area contributed by atoms with Gasteiger partial charge in [0.15, 0.2) is 5.75 Å². The minimum atomic E-state index is 0.0796. The molecular formula is C16H11N3O2. The smallest absolute Gasteiger partial charge is 0.152 e. The maximum absolute atomic E-state index is 10.3. The van der Waals surface area contributed by atoms with Crippen LogP contribution in [0.3, 0.4) is 0 Å². The molecule has 2 heterocycles. The number of aromatic amines is 1. The molecule has 4 rings (SSSR count). The van der Waals surface area contributed by atoms with Crippen LogP contribution in [0.25, 0.3) is 33.1 Å². The monoisotopic (exact) mass is 277 g/mol. The van der Waals surface area contributed by atoms with Crippen molar-refractivity contribution in [1.82, 2.24) is 15.0 Å². The fourth-order valence-corrected chi connectivity index (χ4v) is 2.50. The molecule has 0 saturated carbocycles. The van der Waals surface area contributed by atoms with E-state index in [1.54, 1.807) is 30.5 Å². The highest BCUT2D eigenvalue weighted by Gasteiger charge is 2.12. The van der Waals surface area contributed by atoms with Crippen LogP contribution in [0.5, 0.6) is 11.5 Å². The fraction of sp³-hybridized carbons (Fsp3) is 0. The van der Waals surface area contributed by atoms with Gasteiger partial charge in [-0.25, -0.2) is 4.98 Å². The average Bonchev–Trinajstić information content (AvgIpc) is 2.97. The summed E-state index contributed by atoms with van der Waals surface area (Å²) in [7, 11) is 0. The predicted octanol–water partition coefficient (Wildman–Crippen LogP) is 3.19. The number of phenolic OH excluding ortho intramolecular Hbond substituents is 2. The Bertz CT molecular complexity index is 976. The average molecular weight is 277 g/mol. The van der Waals surface area contributed by atoms with Crippen LogP contribution in [-0.4, -0.2) is 25.2 Å². The molecule has 102 valence electrons. The molecule has 0 unspecified atom stereocenters. The Labute approximate surface area is 119 Å². The number of fused-ring (bicyclic) bond motifs is 2. The summed E-state index contributed by atoms with van der Waals surface area (Å²) in [5.74, 6) is 0.271. The summed E-state index contributed by atoms with van der Waals surface area (Å²) >= 11 is 0. The normalized spacial score (nSPS) is 11.2. The quantitative estimate of drug-likeness (QED) is 0.499. The van der Waals surface area contributed by atoms with Gasteiger partial charge in [0.2, 0.25) is 0 Å². The predicted molar refractivity (Wildman–Crippen MR) is 80.2 cm³/mol. The van der Waals surface area contributed by atoms with Crippen molar-refractivity contribution in [2.24, 2.45) is 0 Å². The maximum atomic E-state index is 10.3. The van der Waals surface area contributed by atoms with Crippen LogP contribution >= 0.6 is 0 Å². The number of aromatic hydroxyl groups is 2. The SMILES string of the molecule is Oc1cccc2cnc(-c3ccc4[nH]cnc4c3O)cc12. The van der Waals surface area contributed by atoms with Gasteiger partial charge in [-0.2, -0.15) is 0 Å². The molecule has 3 N–H and O–H groups in total. The third-order valence-electron chi connectivity index (χ3n) is 3.58. The first-order chi connectivity index (χ1) is 10.2. The Kier molecular flexibility index (Phi) is 2.35. The minimum absolute atomic E-state index is 0.0796. The molecule has 4 aromatic rings. The Morgan fingerprint density at radius 3 is 2.81 bits per heavy atom. The summed E-state index contributed by atoms with van der Waals surface area (Å²) in [6.07, 6.45) is 3.21. The van der Waals surface area contributed by atoms with Crippen LogP contribution in [0, 0.1) is 0 Å². The van der Waals surface area contributed by atoms with E-state index in [0.29, 0.717) is 22.2 Å². The number of H-pyrrole nitrogens is 1. The van der Waals surface area contributed by atoms with Crippen molar-refractivity contribution in [1.29, 1.82) is 0 Å². The lowest BCUT2D eigenvalue weighted by molar-refractivity contribution is 0.480. The van der Waals surface area contributed by atoms with E-state index >= 15 is 0 Å². The molecule has 0 aliphatic carbocycles. The zero-order valence-electron chi connectivity index (χ0n) is 10.9. The summed E-state index contributed by atoms with van der Waals surface area (Å²) in [6, 6.07) is 10.7. The van der Waals surface area contributed by atoms with Gasteiger partial charge in [0.05, 0.1) is 17.5 Å². The second kappa shape index (κ2) is 4.21. The van der Waals surface area contributed by atoms with Crippen molar-refractivity contribution >= 4 is 21.8 Å². The first-order valence-electron chi connectivity index (χ1n) is 6.47. The van der Waals surface area contributed by atoms with E-state index in [-0.39, 0.29) is 11.5 Å². The lowest BCUT2D eigenvalue weighted by Crippen LogP contribution is -1.86. The van der Waals surface area contributed by atoms with Crippen molar-refractivity contribution < 1.29 is 10.2 Å². The highest BCUT2D eigenvalue weighted by atomic mass is 16.3. The molecule has 5 heteroatoms. The summed E-state index contributed by atoms with van der Waals surface area (Å²) in [4.78, 5) is 11.4. The van der Waals surface area contributed by atoms with Crippen molar-refractivity contribution in [2.45, 2.75) is 0 Å². The molecule has 0 aliphatic rings. The van der Waals surface area contributed by atoms with Gasteiger partial charge in [-0.05, 0) is 24.3 Å². The van der Waals surface area contributed by atoms with Crippen LogP contribution in [0.4, 0.5) is 0 Å². The highest BCUT2D eigenvalue weighted by Crippen LogP contribution is 2.35. The zero-order valence-corrected chi connectivity index (χ0v) is 10.9. The molecule has 0 amide bonds. The standard InChI is InChI=1S/C16H11N3O2/c20-14-3-1-2-9-7-17-13(6-11(9)14)10-4-5-12-15(16(10)21)19-8-18-12/h1-8,20-21H,(H,18,19). The van der Waals surface area contributed by atoms with Gasteiger partial charge in [-0.15, -0.1) is 0 Å². The van der Waals surface area contributed by atoms with Crippen LogP contribution in [0.1, 0.15) is 0 Å². The van der Waals surface area contributed by atoms with E-state index in [1.807, 2.05) is 12.1 Å². The molecule has 0 fully saturated rings. The third kappa shape index (κ3) is 1.71. The van der Waals surface area contributed by atoms with Gasteiger partial charge in [-0.3, -0.25) is 4.98 Å². The number of phenols is 2. The fourth-order valence-electron chi connectivity index (χ4n) is 2.50. The Hall–Kier alpha value is -3.08. The zero-order chi connectivity index (χ0) is 14.4. The van der Waals surface area contributed by atoms with Gasteiger partial charge in [-0.1, -0.05) is 12.1 Å². The number of nitrogens with one attached hydrogen (secondary N) is 1. The number of aromatic nitrogens is 3. The topological polar surface area (TPSA) is 82.0 Å². The summed E-state index contributed by atoms with van der Waals surface area (Å²) in [5.41, 5.74) is 2.44. The molecule has 0 saturated heterocycles.